The lowest BCUT2D eigenvalue weighted by Gasteiger charge is -2.25. The van der Waals surface area contributed by atoms with Gasteiger partial charge in [0.2, 0.25) is 5.91 Å². The average molecular weight is 245 g/mol. The zero-order valence-corrected chi connectivity index (χ0v) is 11.9. The van der Waals surface area contributed by atoms with Gasteiger partial charge in [-0.25, -0.2) is 0 Å². The van der Waals surface area contributed by atoms with E-state index in [1.54, 1.807) is 0 Å². The molecular formula is C13H27NO3. The highest BCUT2D eigenvalue weighted by Crippen LogP contribution is 2.09. The fourth-order valence-corrected chi connectivity index (χ4v) is 1.58. The second-order valence-electron chi connectivity index (χ2n) is 4.83. The van der Waals surface area contributed by atoms with Crippen LogP contribution in [0.1, 0.15) is 54.4 Å². The van der Waals surface area contributed by atoms with Gasteiger partial charge in [0.25, 0.3) is 0 Å². The van der Waals surface area contributed by atoms with Crippen molar-refractivity contribution in [2.24, 2.45) is 0 Å². The van der Waals surface area contributed by atoms with E-state index in [0.717, 1.165) is 0 Å². The Bertz CT molecular complexity index is 217. The third-order valence-electron chi connectivity index (χ3n) is 2.13. The molecule has 4 heteroatoms. The van der Waals surface area contributed by atoms with Crippen LogP contribution in [0.15, 0.2) is 0 Å². The minimum Gasteiger partial charge on any atom is -0.376 e. The zero-order valence-electron chi connectivity index (χ0n) is 11.9. The Morgan fingerprint density at radius 1 is 1.06 bits per heavy atom. The number of hydrogen-bond donors (Lipinski definition) is 1. The summed E-state index contributed by atoms with van der Waals surface area (Å²) in [6.07, 6.45) is 1.21. The van der Waals surface area contributed by atoms with E-state index in [4.69, 9.17) is 9.47 Å². The number of rotatable bonds is 8. The Kier molecular flexibility index (Phi) is 8.17. The number of ether oxygens (including phenoxy) is 2. The van der Waals surface area contributed by atoms with Gasteiger partial charge in [-0.2, -0.15) is 0 Å². The van der Waals surface area contributed by atoms with Gasteiger partial charge in [0.1, 0.15) is 6.23 Å². The SMILES string of the molecule is CCC(=O)NC(CC(C)OC(C)C)OC(C)C. The lowest BCUT2D eigenvalue weighted by Crippen LogP contribution is -2.40. The third-order valence-corrected chi connectivity index (χ3v) is 2.13. The second-order valence-corrected chi connectivity index (χ2v) is 4.83. The summed E-state index contributed by atoms with van der Waals surface area (Å²) in [5.74, 6) is 0.00685. The van der Waals surface area contributed by atoms with Crippen LogP contribution in [0.4, 0.5) is 0 Å². The minimum absolute atomic E-state index is 0.00685. The molecule has 0 heterocycles. The Morgan fingerprint density at radius 2 is 1.59 bits per heavy atom. The summed E-state index contributed by atoms with van der Waals surface area (Å²) in [4.78, 5) is 11.4. The van der Waals surface area contributed by atoms with E-state index >= 15 is 0 Å². The number of nitrogens with one attached hydrogen (secondary N) is 1. The molecule has 0 saturated carbocycles. The Balaban J connectivity index is 4.22. The van der Waals surface area contributed by atoms with Crippen molar-refractivity contribution >= 4 is 5.91 Å². The van der Waals surface area contributed by atoms with Crippen LogP contribution >= 0.6 is 0 Å². The highest BCUT2D eigenvalue weighted by molar-refractivity contribution is 5.75. The Labute approximate surface area is 105 Å². The quantitative estimate of drug-likeness (QED) is 0.668. The summed E-state index contributed by atoms with van der Waals surface area (Å²) >= 11 is 0. The van der Waals surface area contributed by atoms with E-state index in [9.17, 15) is 4.79 Å². The molecule has 0 aromatic heterocycles. The maximum absolute atomic E-state index is 11.4. The van der Waals surface area contributed by atoms with Gasteiger partial charge in [-0.3, -0.25) is 4.79 Å². The second kappa shape index (κ2) is 8.48. The lowest BCUT2D eigenvalue weighted by atomic mass is 10.2. The van der Waals surface area contributed by atoms with Gasteiger partial charge in [-0.15, -0.1) is 0 Å². The van der Waals surface area contributed by atoms with Crippen LogP contribution in [0.25, 0.3) is 0 Å². The van der Waals surface area contributed by atoms with Crippen molar-refractivity contribution in [1.29, 1.82) is 0 Å². The molecule has 0 aliphatic heterocycles. The molecule has 4 nitrogen and oxygen atoms in total. The number of amides is 1. The van der Waals surface area contributed by atoms with E-state index in [2.05, 4.69) is 5.32 Å². The van der Waals surface area contributed by atoms with Crippen molar-refractivity contribution in [1.82, 2.24) is 5.32 Å². The van der Waals surface area contributed by atoms with Crippen molar-refractivity contribution in [2.45, 2.75) is 78.9 Å². The van der Waals surface area contributed by atoms with Crippen LogP contribution in [0.5, 0.6) is 0 Å². The molecule has 0 radical (unpaired) electrons. The zero-order chi connectivity index (χ0) is 13.4. The first-order valence-electron chi connectivity index (χ1n) is 6.45. The number of carbonyl (C=O) groups excluding carboxylic acids is 1. The first-order valence-corrected chi connectivity index (χ1v) is 6.45. The summed E-state index contributed by atoms with van der Waals surface area (Å²) in [5.41, 5.74) is 0. The van der Waals surface area contributed by atoms with Crippen molar-refractivity contribution in [3.05, 3.63) is 0 Å². The Hall–Kier alpha value is -0.610. The van der Waals surface area contributed by atoms with Crippen molar-refractivity contribution in [3.63, 3.8) is 0 Å². The van der Waals surface area contributed by atoms with Gasteiger partial charge in [0, 0.05) is 12.8 Å². The standard InChI is InChI=1S/C13H27NO3/c1-7-12(15)14-13(17-10(4)5)8-11(6)16-9(2)3/h9-11,13H,7-8H2,1-6H3,(H,14,15). The predicted molar refractivity (Wildman–Crippen MR) is 68.7 cm³/mol. The van der Waals surface area contributed by atoms with Crippen LogP contribution in [-0.2, 0) is 14.3 Å². The summed E-state index contributed by atoms with van der Waals surface area (Å²) < 4.78 is 11.3. The third kappa shape index (κ3) is 9.12. The minimum atomic E-state index is -0.267. The van der Waals surface area contributed by atoms with E-state index in [-0.39, 0.29) is 30.4 Å². The van der Waals surface area contributed by atoms with E-state index in [0.29, 0.717) is 12.8 Å². The topological polar surface area (TPSA) is 47.6 Å². The summed E-state index contributed by atoms with van der Waals surface area (Å²) in [6, 6.07) is 0. The fraction of sp³-hybridized carbons (Fsp3) is 0.923. The summed E-state index contributed by atoms with van der Waals surface area (Å²) in [7, 11) is 0. The van der Waals surface area contributed by atoms with Gasteiger partial charge in [-0.05, 0) is 34.6 Å². The van der Waals surface area contributed by atoms with Crippen LogP contribution in [0.3, 0.4) is 0 Å². The van der Waals surface area contributed by atoms with E-state index < -0.39 is 0 Å². The van der Waals surface area contributed by atoms with E-state index in [1.165, 1.54) is 0 Å². The highest BCUT2D eigenvalue weighted by atomic mass is 16.5. The van der Waals surface area contributed by atoms with Gasteiger partial charge in [-0.1, -0.05) is 6.92 Å². The molecule has 0 aliphatic carbocycles. The maximum Gasteiger partial charge on any atom is 0.221 e. The fourth-order valence-electron chi connectivity index (χ4n) is 1.58. The van der Waals surface area contributed by atoms with Crippen molar-refractivity contribution in [2.75, 3.05) is 0 Å². The maximum atomic E-state index is 11.4. The molecule has 0 aromatic carbocycles. The molecule has 17 heavy (non-hydrogen) atoms. The first-order chi connectivity index (χ1) is 7.85. The van der Waals surface area contributed by atoms with Crippen LogP contribution in [0, 0.1) is 0 Å². The van der Waals surface area contributed by atoms with Gasteiger partial charge >= 0.3 is 0 Å². The molecule has 1 N–H and O–H groups in total. The van der Waals surface area contributed by atoms with Crippen molar-refractivity contribution in [3.8, 4) is 0 Å². The average Bonchev–Trinajstić information content (AvgIpc) is 2.14. The first kappa shape index (κ1) is 16.4. The molecular weight excluding hydrogens is 218 g/mol. The largest absolute Gasteiger partial charge is 0.376 e. The monoisotopic (exact) mass is 245 g/mol. The number of carbonyl (C=O) groups is 1. The Morgan fingerprint density at radius 3 is 2.00 bits per heavy atom. The molecule has 2 unspecified atom stereocenters. The molecule has 0 aliphatic rings. The van der Waals surface area contributed by atoms with Gasteiger partial charge in [0.15, 0.2) is 0 Å². The summed E-state index contributed by atoms with van der Waals surface area (Å²) in [5, 5.41) is 2.86. The molecule has 0 bridgehead atoms. The van der Waals surface area contributed by atoms with Crippen LogP contribution in [0.2, 0.25) is 0 Å². The lowest BCUT2D eigenvalue weighted by molar-refractivity contribution is -0.128. The molecule has 0 fully saturated rings. The smallest absolute Gasteiger partial charge is 0.221 e. The molecule has 2 atom stereocenters. The molecule has 0 aromatic rings. The van der Waals surface area contributed by atoms with Crippen LogP contribution < -0.4 is 5.32 Å². The molecule has 0 rings (SSSR count). The highest BCUT2D eigenvalue weighted by Gasteiger charge is 2.17. The van der Waals surface area contributed by atoms with E-state index in [1.807, 2.05) is 41.5 Å². The van der Waals surface area contributed by atoms with Gasteiger partial charge in [0.05, 0.1) is 18.3 Å². The van der Waals surface area contributed by atoms with Gasteiger partial charge < -0.3 is 14.8 Å². The molecule has 1 amide bonds. The molecule has 102 valence electrons. The molecule has 0 saturated heterocycles. The molecule has 0 spiro atoms. The summed E-state index contributed by atoms with van der Waals surface area (Å²) in [6.45, 7) is 11.7. The predicted octanol–water partition coefficient (Wildman–Crippen LogP) is 2.47. The normalized spacial score (nSPS) is 15.1. The number of hydrogen-bond acceptors (Lipinski definition) is 3. The van der Waals surface area contributed by atoms with Crippen molar-refractivity contribution < 1.29 is 14.3 Å². The van der Waals surface area contributed by atoms with Crippen LogP contribution in [-0.4, -0.2) is 30.4 Å².